The number of hydrogen-bond donors (Lipinski definition) is 2. The summed E-state index contributed by atoms with van der Waals surface area (Å²) in [5.74, 6) is 1.24. The van der Waals surface area contributed by atoms with E-state index >= 15 is 0 Å². The third kappa shape index (κ3) is 3.78. The van der Waals surface area contributed by atoms with Crippen LogP contribution >= 0.6 is 0 Å². The second-order valence-electron chi connectivity index (χ2n) is 7.14. The molecule has 30 heavy (non-hydrogen) atoms. The molecule has 0 aromatic heterocycles. The van der Waals surface area contributed by atoms with Crippen molar-refractivity contribution in [1.29, 1.82) is 0 Å². The van der Waals surface area contributed by atoms with E-state index in [2.05, 4.69) is 5.32 Å². The Labute approximate surface area is 176 Å². The lowest BCUT2D eigenvalue weighted by atomic mass is 9.98. The second-order valence-corrected chi connectivity index (χ2v) is 7.14. The van der Waals surface area contributed by atoms with E-state index in [0.717, 1.165) is 28.3 Å². The Balaban J connectivity index is 1.90. The van der Waals surface area contributed by atoms with E-state index in [1.165, 1.54) is 11.8 Å². The van der Waals surface area contributed by atoms with Crippen molar-refractivity contribution >= 4 is 17.6 Å². The highest BCUT2D eigenvalue weighted by atomic mass is 16.5. The van der Waals surface area contributed by atoms with Crippen molar-refractivity contribution in [2.45, 2.75) is 12.6 Å². The fourth-order valence-corrected chi connectivity index (χ4v) is 3.91. The smallest absolute Gasteiger partial charge is 0.409 e. The first kappa shape index (κ1) is 21.4. The van der Waals surface area contributed by atoms with Gasteiger partial charge in [-0.15, -0.1) is 0 Å². The number of benzene rings is 2. The van der Waals surface area contributed by atoms with Gasteiger partial charge in [-0.1, -0.05) is 12.1 Å². The van der Waals surface area contributed by atoms with Crippen molar-refractivity contribution < 1.29 is 24.2 Å². The number of ketones is 1. The summed E-state index contributed by atoms with van der Waals surface area (Å²) in [6, 6.07) is 13.5. The summed E-state index contributed by atoms with van der Waals surface area (Å²) in [4.78, 5) is 27.3. The van der Waals surface area contributed by atoms with Crippen LogP contribution in [0.5, 0.6) is 11.5 Å². The van der Waals surface area contributed by atoms with E-state index in [-0.39, 0.29) is 18.9 Å². The van der Waals surface area contributed by atoms with Gasteiger partial charge in [-0.2, -0.15) is 0 Å². The topological polar surface area (TPSA) is 91.3 Å². The Bertz CT molecular complexity index is 931. The number of nitrogens with one attached hydrogen (secondary N) is 1. The molecule has 1 aliphatic rings. The normalized spacial score (nSPS) is 18.8. The molecule has 1 amide bonds. The van der Waals surface area contributed by atoms with Crippen molar-refractivity contribution in [3.8, 4) is 22.6 Å². The van der Waals surface area contributed by atoms with Gasteiger partial charge in [0.05, 0.1) is 20.8 Å². The Hall–Kier alpha value is -3.26. The van der Waals surface area contributed by atoms with Gasteiger partial charge in [0.25, 0.3) is 0 Å². The first-order valence-electron chi connectivity index (χ1n) is 9.64. The van der Waals surface area contributed by atoms with Crippen molar-refractivity contribution in [3.05, 3.63) is 42.5 Å². The number of rotatable bonds is 6. The van der Waals surface area contributed by atoms with E-state index < -0.39 is 11.8 Å². The van der Waals surface area contributed by atoms with Crippen molar-refractivity contribution in [2.75, 3.05) is 45.8 Å². The lowest BCUT2D eigenvalue weighted by Gasteiger charge is -2.48. The molecular weight excluding hydrogens is 386 g/mol. The van der Waals surface area contributed by atoms with Gasteiger partial charge in [-0.05, 0) is 49.9 Å². The maximum atomic E-state index is 12.4. The summed E-state index contributed by atoms with van der Waals surface area (Å²) in [6.45, 7) is 2.35. The molecule has 1 heterocycles. The van der Waals surface area contributed by atoms with Crippen LogP contribution in [0.3, 0.4) is 0 Å². The van der Waals surface area contributed by atoms with E-state index in [0.29, 0.717) is 6.54 Å². The van der Waals surface area contributed by atoms with Crippen LogP contribution in [0.4, 0.5) is 10.5 Å². The summed E-state index contributed by atoms with van der Waals surface area (Å²) in [5.41, 5.74) is 1.50. The molecule has 2 aromatic carbocycles. The number of ether oxygens (including phenoxy) is 2. The molecule has 160 valence electrons. The average Bonchev–Trinajstić information content (AvgIpc) is 2.77. The van der Waals surface area contributed by atoms with Gasteiger partial charge in [-0.25, -0.2) is 4.79 Å². The van der Waals surface area contributed by atoms with Gasteiger partial charge in [0.1, 0.15) is 11.5 Å². The molecule has 0 radical (unpaired) electrons. The van der Waals surface area contributed by atoms with Crippen LogP contribution in [0.2, 0.25) is 0 Å². The third-order valence-electron chi connectivity index (χ3n) is 5.65. The lowest BCUT2D eigenvalue weighted by molar-refractivity contribution is -0.130. The summed E-state index contributed by atoms with van der Waals surface area (Å²) < 4.78 is 10.8. The molecule has 3 rings (SSSR count). The first-order valence-corrected chi connectivity index (χ1v) is 9.64. The molecule has 2 N–H and O–H groups in total. The molecule has 1 fully saturated rings. The molecule has 1 aliphatic heterocycles. The molecule has 0 saturated carbocycles. The number of piperazine rings is 1. The van der Waals surface area contributed by atoms with E-state index in [4.69, 9.17) is 9.47 Å². The maximum absolute atomic E-state index is 12.4. The van der Waals surface area contributed by atoms with Crippen molar-refractivity contribution in [3.63, 3.8) is 0 Å². The summed E-state index contributed by atoms with van der Waals surface area (Å²) in [6.07, 6.45) is -1.11. The summed E-state index contributed by atoms with van der Waals surface area (Å²) >= 11 is 0. The maximum Gasteiger partial charge on any atom is 0.409 e. The standard InChI is InChI=1S/C22H27N3O5/c1-15(26)22(23-2)14-24(11-12-25(22)21(27)28)17-7-5-16(6-8-17)19-13-18(29-3)9-10-20(19)30-4/h5-10,13,23H,11-12,14H2,1-4H3,(H,27,28). The van der Waals surface area contributed by atoms with Crippen LogP contribution in [-0.2, 0) is 4.79 Å². The molecule has 1 saturated heterocycles. The molecule has 2 aromatic rings. The Morgan fingerprint density at radius 1 is 1.07 bits per heavy atom. The third-order valence-corrected chi connectivity index (χ3v) is 5.65. The van der Waals surface area contributed by atoms with Crippen LogP contribution in [0.1, 0.15) is 6.92 Å². The minimum Gasteiger partial charge on any atom is -0.497 e. The van der Waals surface area contributed by atoms with E-state index in [1.807, 2.05) is 47.4 Å². The number of likely N-dealkylation sites (N-methyl/N-ethyl adjacent to an activating group) is 1. The minimum absolute atomic E-state index is 0.223. The monoisotopic (exact) mass is 413 g/mol. The van der Waals surface area contributed by atoms with Gasteiger partial charge in [0.2, 0.25) is 0 Å². The molecule has 0 aliphatic carbocycles. The predicted molar refractivity (Wildman–Crippen MR) is 114 cm³/mol. The predicted octanol–water partition coefficient (Wildman–Crippen LogP) is 2.68. The summed E-state index contributed by atoms with van der Waals surface area (Å²) in [7, 11) is 4.86. The molecule has 0 spiro atoms. The molecule has 1 unspecified atom stereocenters. The Morgan fingerprint density at radius 3 is 2.30 bits per heavy atom. The molecular formula is C22H27N3O5. The van der Waals surface area contributed by atoms with Crippen LogP contribution in [0, 0.1) is 0 Å². The van der Waals surface area contributed by atoms with Crippen LogP contribution < -0.4 is 19.7 Å². The zero-order chi connectivity index (χ0) is 21.9. The van der Waals surface area contributed by atoms with Crippen LogP contribution in [0.15, 0.2) is 42.5 Å². The van der Waals surface area contributed by atoms with Crippen molar-refractivity contribution in [1.82, 2.24) is 10.2 Å². The number of amides is 1. The number of carbonyl (C=O) groups excluding carboxylic acids is 1. The number of carbonyl (C=O) groups is 2. The fraction of sp³-hybridized carbons (Fsp3) is 0.364. The fourth-order valence-electron chi connectivity index (χ4n) is 3.91. The zero-order valence-corrected chi connectivity index (χ0v) is 17.6. The average molecular weight is 413 g/mol. The Kier molecular flexibility index (Phi) is 6.17. The number of nitrogens with zero attached hydrogens (tertiary/aromatic N) is 2. The number of carboxylic acid groups (broad SMARTS) is 1. The van der Waals surface area contributed by atoms with Gasteiger partial charge in [0, 0.05) is 24.3 Å². The van der Waals surface area contributed by atoms with Crippen molar-refractivity contribution in [2.24, 2.45) is 0 Å². The van der Waals surface area contributed by atoms with Gasteiger partial charge < -0.3 is 19.5 Å². The number of Topliss-reactive ketones (excluding diaryl/α,β-unsaturated/α-hetero) is 1. The SMILES string of the molecule is CNC1(C(C)=O)CN(c2ccc(-c3cc(OC)ccc3OC)cc2)CCN1C(=O)O. The highest BCUT2D eigenvalue weighted by molar-refractivity contribution is 5.90. The first-order chi connectivity index (χ1) is 14.4. The summed E-state index contributed by atoms with van der Waals surface area (Å²) in [5, 5.41) is 12.5. The quantitative estimate of drug-likeness (QED) is 0.752. The zero-order valence-electron chi connectivity index (χ0n) is 17.6. The van der Waals surface area contributed by atoms with Gasteiger partial charge in [-0.3, -0.25) is 15.0 Å². The lowest BCUT2D eigenvalue weighted by Crippen LogP contribution is -2.73. The molecule has 8 nitrogen and oxygen atoms in total. The second kappa shape index (κ2) is 8.62. The molecule has 8 heteroatoms. The molecule has 0 bridgehead atoms. The highest BCUT2D eigenvalue weighted by Crippen LogP contribution is 2.35. The van der Waals surface area contributed by atoms with Gasteiger partial charge in [0.15, 0.2) is 11.4 Å². The van der Waals surface area contributed by atoms with E-state index in [9.17, 15) is 14.7 Å². The van der Waals surface area contributed by atoms with E-state index in [1.54, 1.807) is 21.3 Å². The number of hydrogen-bond acceptors (Lipinski definition) is 6. The highest BCUT2D eigenvalue weighted by Gasteiger charge is 2.47. The molecule has 1 atom stereocenters. The Morgan fingerprint density at radius 2 is 1.77 bits per heavy atom. The minimum atomic E-state index is -1.28. The van der Waals surface area contributed by atoms with Gasteiger partial charge >= 0.3 is 6.09 Å². The van der Waals surface area contributed by atoms with Crippen LogP contribution in [0.25, 0.3) is 11.1 Å². The largest absolute Gasteiger partial charge is 0.497 e. The number of methoxy groups -OCH3 is 2. The number of anilines is 1. The van der Waals surface area contributed by atoms with Crippen LogP contribution in [-0.4, -0.2) is 68.4 Å².